The molecule has 1 saturated carbocycles. The normalized spacial score (nSPS) is 23.1. The SMILES string of the molecule is C#CC(C)(C)N1C(=O)NC(=O)C2(CC2)C1=O. The van der Waals surface area contributed by atoms with Crippen LogP contribution in [0.15, 0.2) is 0 Å². The molecular weight excluding hydrogens is 208 g/mol. The standard InChI is InChI=1S/C11H12N2O3/c1-4-10(2,3)13-8(15)11(5-6-11)7(14)12-9(13)16/h1H,5-6H2,2-3H3,(H,12,14,16). The highest BCUT2D eigenvalue weighted by Gasteiger charge is 2.63. The average molecular weight is 220 g/mol. The van der Waals surface area contributed by atoms with Gasteiger partial charge in [0.15, 0.2) is 0 Å². The maximum Gasteiger partial charge on any atom is 0.332 e. The molecule has 1 N–H and O–H groups in total. The fourth-order valence-corrected chi connectivity index (χ4v) is 1.81. The third kappa shape index (κ3) is 1.16. The van der Waals surface area contributed by atoms with Gasteiger partial charge in [-0.3, -0.25) is 14.9 Å². The van der Waals surface area contributed by atoms with E-state index in [-0.39, 0.29) is 0 Å². The van der Waals surface area contributed by atoms with Crippen molar-refractivity contribution in [2.24, 2.45) is 5.41 Å². The molecular formula is C11H12N2O3. The van der Waals surface area contributed by atoms with Crippen molar-refractivity contribution in [3.63, 3.8) is 0 Å². The number of carbonyl (C=O) groups excluding carboxylic acids is 3. The topological polar surface area (TPSA) is 66.5 Å². The first-order chi connectivity index (χ1) is 7.35. The van der Waals surface area contributed by atoms with E-state index in [0.29, 0.717) is 12.8 Å². The lowest BCUT2D eigenvalue weighted by Gasteiger charge is -2.38. The van der Waals surface area contributed by atoms with E-state index in [1.807, 2.05) is 0 Å². The summed E-state index contributed by atoms with van der Waals surface area (Å²) in [6.45, 7) is 3.19. The van der Waals surface area contributed by atoms with Crippen LogP contribution in [-0.2, 0) is 9.59 Å². The van der Waals surface area contributed by atoms with Crippen LogP contribution in [-0.4, -0.2) is 28.3 Å². The van der Waals surface area contributed by atoms with Gasteiger partial charge in [-0.25, -0.2) is 9.69 Å². The number of imide groups is 2. The molecule has 1 saturated heterocycles. The molecule has 2 rings (SSSR count). The van der Waals surface area contributed by atoms with E-state index in [1.165, 1.54) is 0 Å². The molecule has 0 unspecified atom stereocenters. The van der Waals surface area contributed by atoms with Crippen molar-refractivity contribution in [1.29, 1.82) is 0 Å². The Labute approximate surface area is 93.2 Å². The molecule has 1 spiro atoms. The van der Waals surface area contributed by atoms with Crippen LogP contribution in [0.2, 0.25) is 0 Å². The number of amides is 4. The number of nitrogens with zero attached hydrogens (tertiary/aromatic N) is 1. The quantitative estimate of drug-likeness (QED) is 0.509. The lowest BCUT2D eigenvalue weighted by atomic mass is 9.96. The van der Waals surface area contributed by atoms with Gasteiger partial charge in [-0.15, -0.1) is 6.42 Å². The van der Waals surface area contributed by atoms with E-state index in [2.05, 4.69) is 11.2 Å². The van der Waals surface area contributed by atoms with Crippen molar-refractivity contribution in [2.75, 3.05) is 0 Å². The van der Waals surface area contributed by atoms with Crippen molar-refractivity contribution in [3.8, 4) is 12.3 Å². The Morgan fingerprint density at radius 1 is 1.38 bits per heavy atom. The third-order valence-corrected chi connectivity index (χ3v) is 3.13. The van der Waals surface area contributed by atoms with E-state index >= 15 is 0 Å². The molecule has 84 valence electrons. The zero-order valence-electron chi connectivity index (χ0n) is 9.16. The van der Waals surface area contributed by atoms with Crippen LogP contribution in [0.3, 0.4) is 0 Å². The first kappa shape index (κ1) is 10.7. The summed E-state index contributed by atoms with van der Waals surface area (Å²) in [4.78, 5) is 36.2. The van der Waals surface area contributed by atoms with Crippen molar-refractivity contribution in [3.05, 3.63) is 0 Å². The highest BCUT2D eigenvalue weighted by molar-refractivity contribution is 6.21. The summed E-state index contributed by atoms with van der Waals surface area (Å²) in [5.74, 6) is 1.42. The average Bonchev–Trinajstić information content (AvgIpc) is 2.96. The van der Waals surface area contributed by atoms with Gasteiger partial charge in [-0.2, -0.15) is 0 Å². The van der Waals surface area contributed by atoms with Crippen molar-refractivity contribution >= 4 is 17.8 Å². The number of terminal acetylenes is 1. The molecule has 1 heterocycles. The predicted octanol–water partition coefficient (Wildman–Crippen LogP) is 0.257. The molecule has 1 aliphatic carbocycles. The Balaban J connectivity index is 2.41. The maximum atomic E-state index is 12.1. The number of urea groups is 1. The molecule has 5 heteroatoms. The summed E-state index contributed by atoms with van der Waals surface area (Å²) >= 11 is 0. The van der Waals surface area contributed by atoms with Crippen LogP contribution in [0.25, 0.3) is 0 Å². The maximum absolute atomic E-state index is 12.1. The van der Waals surface area contributed by atoms with Gasteiger partial charge in [0.2, 0.25) is 11.8 Å². The lowest BCUT2D eigenvalue weighted by molar-refractivity contribution is -0.146. The number of barbiturate groups is 1. The monoisotopic (exact) mass is 220 g/mol. The molecule has 16 heavy (non-hydrogen) atoms. The minimum Gasteiger partial charge on any atom is -0.277 e. The van der Waals surface area contributed by atoms with Crippen LogP contribution in [0.4, 0.5) is 4.79 Å². The second-order valence-corrected chi connectivity index (χ2v) is 4.69. The summed E-state index contributed by atoms with van der Waals surface area (Å²) in [6, 6.07) is -0.726. The molecule has 4 amide bonds. The second-order valence-electron chi connectivity index (χ2n) is 4.69. The highest BCUT2D eigenvalue weighted by Crippen LogP contribution is 2.49. The third-order valence-electron chi connectivity index (χ3n) is 3.13. The van der Waals surface area contributed by atoms with Gasteiger partial charge < -0.3 is 0 Å². The largest absolute Gasteiger partial charge is 0.332 e. The molecule has 2 aliphatic rings. The number of hydrogen-bond donors (Lipinski definition) is 1. The fraction of sp³-hybridized carbons (Fsp3) is 0.545. The second kappa shape index (κ2) is 2.85. The van der Waals surface area contributed by atoms with Gasteiger partial charge in [0.1, 0.15) is 11.0 Å². The van der Waals surface area contributed by atoms with Gasteiger partial charge in [-0.1, -0.05) is 5.92 Å². The molecule has 0 aromatic rings. The van der Waals surface area contributed by atoms with Gasteiger partial charge in [0, 0.05) is 0 Å². The number of nitrogens with one attached hydrogen (secondary N) is 1. The molecule has 5 nitrogen and oxygen atoms in total. The van der Waals surface area contributed by atoms with Crippen LogP contribution < -0.4 is 5.32 Å². The van der Waals surface area contributed by atoms with Gasteiger partial charge in [-0.05, 0) is 26.7 Å². The van der Waals surface area contributed by atoms with Gasteiger partial charge in [0.25, 0.3) is 0 Å². The Morgan fingerprint density at radius 2 is 1.94 bits per heavy atom. The van der Waals surface area contributed by atoms with E-state index < -0.39 is 28.8 Å². The van der Waals surface area contributed by atoms with E-state index in [9.17, 15) is 14.4 Å². The fourth-order valence-electron chi connectivity index (χ4n) is 1.81. The lowest BCUT2D eigenvalue weighted by Crippen LogP contribution is -2.64. The summed E-state index contributed by atoms with van der Waals surface area (Å²) in [5, 5.41) is 2.18. The van der Waals surface area contributed by atoms with E-state index in [0.717, 1.165) is 4.90 Å². The number of carbonyl (C=O) groups is 3. The van der Waals surface area contributed by atoms with Crippen LogP contribution in [0.1, 0.15) is 26.7 Å². The number of rotatable bonds is 1. The Bertz CT molecular complexity index is 441. The molecule has 0 bridgehead atoms. The molecule has 0 atom stereocenters. The summed E-state index contributed by atoms with van der Waals surface area (Å²) in [7, 11) is 0. The van der Waals surface area contributed by atoms with Crippen LogP contribution in [0.5, 0.6) is 0 Å². The highest BCUT2D eigenvalue weighted by atomic mass is 16.2. The van der Waals surface area contributed by atoms with Crippen LogP contribution in [0, 0.1) is 17.8 Å². The smallest absolute Gasteiger partial charge is 0.277 e. The van der Waals surface area contributed by atoms with Crippen molar-refractivity contribution in [2.45, 2.75) is 32.2 Å². The molecule has 0 radical (unpaired) electrons. The first-order valence-electron chi connectivity index (χ1n) is 5.03. The summed E-state index contributed by atoms with van der Waals surface area (Å²) < 4.78 is 0. The Morgan fingerprint density at radius 3 is 2.38 bits per heavy atom. The van der Waals surface area contributed by atoms with Gasteiger partial charge in [0.05, 0.1) is 0 Å². The first-order valence-corrected chi connectivity index (χ1v) is 5.03. The number of hydrogen-bond acceptors (Lipinski definition) is 3. The van der Waals surface area contributed by atoms with E-state index in [4.69, 9.17) is 6.42 Å². The summed E-state index contributed by atoms with van der Waals surface area (Å²) in [6.07, 6.45) is 6.27. The minimum absolute atomic E-state index is 0.468. The van der Waals surface area contributed by atoms with Crippen molar-refractivity contribution < 1.29 is 14.4 Å². The van der Waals surface area contributed by atoms with Crippen molar-refractivity contribution in [1.82, 2.24) is 10.2 Å². The molecule has 0 aromatic heterocycles. The predicted molar refractivity (Wildman–Crippen MR) is 55.0 cm³/mol. The molecule has 1 aliphatic heterocycles. The zero-order valence-corrected chi connectivity index (χ0v) is 9.16. The zero-order chi connectivity index (χ0) is 12.1. The Hall–Kier alpha value is -1.83. The molecule has 2 fully saturated rings. The van der Waals surface area contributed by atoms with Crippen LogP contribution >= 0.6 is 0 Å². The summed E-state index contributed by atoms with van der Waals surface area (Å²) in [5.41, 5.74) is -2.04. The molecule has 0 aromatic carbocycles. The minimum atomic E-state index is -1.03. The van der Waals surface area contributed by atoms with Gasteiger partial charge >= 0.3 is 6.03 Å². The van der Waals surface area contributed by atoms with E-state index in [1.54, 1.807) is 13.8 Å². The Kier molecular flexibility index (Phi) is 1.90.